The van der Waals surface area contributed by atoms with Gasteiger partial charge in [-0.15, -0.1) is 11.3 Å². The molecule has 0 fully saturated rings. The Morgan fingerprint density at radius 3 is 2.67 bits per heavy atom. The summed E-state index contributed by atoms with van der Waals surface area (Å²) < 4.78 is 32.1. The summed E-state index contributed by atoms with van der Waals surface area (Å²) in [6, 6.07) is 10.9. The van der Waals surface area contributed by atoms with Crippen molar-refractivity contribution in [3.8, 4) is 5.75 Å². The third kappa shape index (κ3) is 4.53. The van der Waals surface area contributed by atoms with Crippen LogP contribution in [0.3, 0.4) is 0 Å². The Labute approximate surface area is 128 Å². The number of thiophene rings is 1. The topological polar surface area (TPSA) is 75.6 Å². The summed E-state index contributed by atoms with van der Waals surface area (Å²) in [5.74, 6) is 0.765. The first-order chi connectivity index (χ1) is 10.1. The molecule has 0 aliphatic rings. The average molecular weight is 327 g/mol. The second-order valence-electron chi connectivity index (χ2n) is 4.28. The zero-order chi connectivity index (χ0) is 15.1. The number of rotatable bonds is 8. The minimum atomic E-state index is -3.56. The van der Waals surface area contributed by atoms with Crippen LogP contribution in [0.15, 0.2) is 46.7 Å². The lowest BCUT2D eigenvalue weighted by Crippen LogP contribution is -2.26. The highest BCUT2D eigenvalue weighted by atomic mass is 32.2. The van der Waals surface area contributed by atoms with E-state index in [1.165, 1.54) is 17.4 Å². The molecule has 0 spiro atoms. The van der Waals surface area contributed by atoms with Crippen LogP contribution in [0.1, 0.15) is 11.3 Å². The molecular formula is C14H17NO4S2. The van der Waals surface area contributed by atoms with Crippen LogP contribution in [0.25, 0.3) is 0 Å². The smallest absolute Gasteiger partial charge is 0.241 e. The van der Waals surface area contributed by atoms with Gasteiger partial charge in [0.15, 0.2) is 0 Å². The van der Waals surface area contributed by atoms with Crippen LogP contribution < -0.4 is 9.46 Å². The number of hydrogen-bond acceptors (Lipinski definition) is 5. The number of benzene rings is 1. The molecule has 0 aliphatic heterocycles. The second kappa shape index (κ2) is 7.56. The van der Waals surface area contributed by atoms with Gasteiger partial charge in [0, 0.05) is 11.4 Å². The lowest BCUT2D eigenvalue weighted by atomic mass is 10.3. The van der Waals surface area contributed by atoms with Crippen LogP contribution in [0.5, 0.6) is 5.75 Å². The van der Waals surface area contributed by atoms with E-state index in [1.54, 1.807) is 5.38 Å². The summed E-state index contributed by atoms with van der Waals surface area (Å²) in [5.41, 5.74) is 0. The number of ether oxygens (including phenoxy) is 1. The lowest BCUT2D eigenvalue weighted by molar-refractivity contribution is 0.282. The van der Waals surface area contributed by atoms with Gasteiger partial charge in [-0.05, 0) is 30.0 Å². The molecule has 0 saturated heterocycles. The summed E-state index contributed by atoms with van der Waals surface area (Å²) in [6.07, 6.45) is 0.562. The van der Waals surface area contributed by atoms with Crippen LogP contribution in [0.4, 0.5) is 0 Å². The number of para-hydroxylation sites is 1. The van der Waals surface area contributed by atoms with Crippen molar-refractivity contribution in [2.75, 3.05) is 13.2 Å². The van der Waals surface area contributed by atoms with Crippen LogP contribution in [0, 0.1) is 0 Å². The fourth-order valence-electron chi connectivity index (χ4n) is 1.75. The van der Waals surface area contributed by atoms with E-state index in [1.807, 2.05) is 30.3 Å². The van der Waals surface area contributed by atoms with Crippen molar-refractivity contribution in [2.45, 2.75) is 17.9 Å². The Hall–Kier alpha value is -1.41. The van der Waals surface area contributed by atoms with Gasteiger partial charge in [0.25, 0.3) is 0 Å². The first-order valence-electron chi connectivity index (χ1n) is 6.48. The summed E-state index contributed by atoms with van der Waals surface area (Å²) in [5, 5.41) is 10.8. The maximum Gasteiger partial charge on any atom is 0.241 e. The number of hydrogen-bond donors (Lipinski definition) is 2. The van der Waals surface area contributed by atoms with Crippen molar-refractivity contribution < 1.29 is 18.3 Å². The van der Waals surface area contributed by atoms with Gasteiger partial charge in [-0.25, -0.2) is 13.1 Å². The molecule has 0 amide bonds. The van der Waals surface area contributed by atoms with Gasteiger partial charge in [-0.3, -0.25) is 0 Å². The van der Waals surface area contributed by atoms with Crippen molar-refractivity contribution in [2.24, 2.45) is 0 Å². The quantitative estimate of drug-likeness (QED) is 0.727. The van der Waals surface area contributed by atoms with Crippen LogP contribution >= 0.6 is 11.3 Å². The third-order valence-corrected chi connectivity index (χ3v) is 5.34. The molecule has 0 unspecified atom stereocenters. The predicted molar refractivity (Wildman–Crippen MR) is 82.0 cm³/mol. The van der Waals surface area contributed by atoms with Crippen LogP contribution in [0.2, 0.25) is 0 Å². The highest BCUT2D eigenvalue weighted by molar-refractivity contribution is 7.89. The first-order valence-corrected chi connectivity index (χ1v) is 8.84. The van der Waals surface area contributed by atoms with Gasteiger partial charge >= 0.3 is 0 Å². The SMILES string of the molecule is O=S(=O)(NCCCOc1ccccc1)c1ccsc1CO. The first kappa shape index (κ1) is 16.0. The van der Waals surface area contributed by atoms with E-state index in [9.17, 15) is 8.42 Å². The molecule has 2 rings (SSSR count). The molecule has 0 atom stereocenters. The molecule has 0 radical (unpaired) electrons. The molecule has 7 heteroatoms. The van der Waals surface area contributed by atoms with E-state index in [2.05, 4.69) is 4.72 Å². The summed E-state index contributed by atoms with van der Waals surface area (Å²) in [6.45, 7) is 0.448. The van der Waals surface area contributed by atoms with Crippen molar-refractivity contribution in [3.63, 3.8) is 0 Å². The van der Waals surface area contributed by atoms with Crippen molar-refractivity contribution >= 4 is 21.4 Å². The summed E-state index contributed by atoms with van der Waals surface area (Å²) in [7, 11) is -3.56. The van der Waals surface area contributed by atoms with Crippen molar-refractivity contribution in [3.05, 3.63) is 46.7 Å². The Kier molecular flexibility index (Phi) is 5.75. The van der Waals surface area contributed by atoms with E-state index in [4.69, 9.17) is 9.84 Å². The van der Waals surface area contributed by atoms with E-state index >= 15 is 0 Å². The summed E-state index contributed by atoms with van der Waals surface area (Å²) in [4.78, 5) is 0.599. The minimum Gasteiger partial charge on any atom is -0.494 e. The van der Waals surface area contributed by atoms with Gasteiger partial charge in [0.1, 0.15) is 5.75 Å². The zero-order valence-electron chi connectivity index (χ0n) is 11.4. The lowest BCUT2D eigenvalue weighted by Gasteiger charge is -2.08. The maximum absolute atomic E-state index is 12.0. The molecule has 2 aromatic rings. The third-order valence-electron chi connectivity index (χ3n) is 2.76. The summed E-state index contributed by atoms with van der Waals surface area (Å²) >= 11 is 1.22. The Morgan fingerprint density at radius 1 is 1.19 bits per heavy atom. The van der Waals surface area contributed by atoms with Gasteiger partial charge in [0.05, 0.1) is 18.1 Å². The van der Waals surface area contributed by atoms with E-state index < -0.39 is 10.0 Å². The Balaban J connectivity index is 1.78. The van der Waals surface area contributed by atoms with Gasteiger partial charge < -0.3 is 9.84 Å². The van der Waals surface area contributed by atoms with Crippen molar-refractivity contribution in [1.82, 2.24) is 4.72 Å². The molecule has 21 heavy (non-hydrogen) atoms. The zero-order valence-corrected chi connectivity index (χ0v) is 13.0. The number of aliphatic hydroxyl groups excluding tert-OH is 1. The predicted octanol–water partition coefficient (Wildman–Crippen LogP) is 1.99. The molecule has 114 valence electrons. The van der Waals surface area contributed by atoms with E-state index in [0.717, 1.165) is 5.75 Å². The normalized spacial score (nSPS) is 11.5. The van der Waals surface area contributed by atoms with Crippen molar-refractivity contribution in [1.29, 1.82) is 0 Å². The molecular weight excluding hydrogens is 310 g/mol. The largest absolute Gasteiger partial charge is 0.494 e. The molecule has 1 heterocycles. The fraction of sp³-hybridized carbons (Fsp3) is 0.286. The van der Waals surface area contributed by atoms with Gasteiger partial charge in [-0.2, -0.15) is 0 Å². The average Bonchev–Trinajstić information content (AvgIpc) is 2.97. The number of nitrogens with one attached hydrogen (secondary N) is 1. The monoisotopic (exact) mass is 327 g/mol. The maximum atomic E-state index is 12.0. The highest BCUT2D eigenvalue weighted by Crippen LogP contribution is 2.21. The Morgan fingerprint density at radius 2 is 1.95 bits per heavy atom. The van der Waals surface area contributed by atoms with Gasteiger partial charge in [-0.1, -0.05) is 18.2 Å². The van der Waals surface area contributed by atoms with Gasteiger partial charge in [0.2, 0.25) is 10.0 Å². The van der Waals surface area contributed by atoms with Crippen LogP contribution in [-0.4, -0.2) is 26.7 Å². The fourth-order valence-corrected chi connectivity index (χ4v) is 4.11. The molecule has 0 saturated carbocycles. The minimum absolute atomic E-state index is 0.152. The highest BCUT2D eigenvalue weighted by Gasteiger charge is 2.18. The van der Waals surface area contributed by atoms with Crippen LogP contribution in [-0.2, 0) is 16.6 Å². The molecule has 0 bridgehead atoms. The van der Waals surface area contributed by atoms with E-state index in [-0.39, 0.29) is 18.0 Å². The molecule has 1 aromatic carbocycles. The Bertz CT molecular complexity index is 653. The molecule has 0 aliphatic carbocycles. The van der Waals surface area contributed by atoms with E-state index in [0.29, 0.717) is 17.9 Å². The molecule has 2 N–H and O–H groups in total. The number of sulfonamides is 1. The number of aliphatic hydroxyl groups is 1. The second-order valence-corrected chi connectivity index (χ2v) is 7.02. The molecule has 1 aromatic heterocycles. The molecule has 5 nitrogen and oxygen atoms in total. The standard InChI is InChI=1S/C14H17NO4S2/c16-11-13-14(7-10-20-13)21(17,18)15-8-4-9-19-12-5-2-1-3-6-12/h1-3,5-7,10,15-16H,4,8-9,11H2.